The van der Waals surface area contributed by atoms with E-state index in [9.17, 15) is 9.59 Å². The molecule has 2 aliphatic rings. The maximum atomic E-state index is 13.5. The molecule has 2 amide bonds. The summed E-state index contributed by atoms with van der Waals surface area (Å²) >= 11 is 1.28. The quantitative estimate of drug-likeness (QED) is 0.780. The molecule has 1 spiro atoms. The largest absolute Gasteiger partial charge is 0.497 e. The second-order valence-electron chi connectivity index (χ2n) is 6.78. The third kappa shape index (κ3) is 2.86. The van der Waals surface area contributed by atoms with E-state index in [0.29, 0.717) is 27.7 Å². The minimum absolute atomic E-state index is 0.250. The van der Waals surface area contributed by atoms with Crippen molar-refractivity contribution in [1.82, 2.24) is 10.3 Å². The first-order valence-corrected chi connectivity index (χ1v) is 10.0. The van der Waals surface area contributed by atoms with Crippen molar-refractivity contribution >= 4 is 28.6 Å². The van der Waals surface area contributed by atoms with E-state index in [-0.39, 0.29) is 18.4 Å². The number of methoxy groups -OCH3 is 2. The van der Waals surface area contributed by atoms with E-state index in [1.807, 2.05) is 31.2 Å². The third-order valence-corrected chi connectivity index (χ3v) is 6.38. The molecule has 150 valence electrons. The van der Waals surface area contributed by atoms with Crippen molar-refractivity contribution in [3.8, 4) is 11.5 Å². The maximum Gasteiger partial charge on any atom is 0.272 e. The van der Waals surface area contributed by atoms with Gasteiger partial charge in [-0.3, -0.25) is 19.9 Å². The van der Waals surface area contributed by atoms with E-state index in [1.165, 1.54) is 30.9 Å². The van der Waals surface area contributed by atoms with Crippen molar-refractivity contribution < 1.29 is 19.1 Å². The van der Waals surface area contributed by atoms with Gasteiger partial charge < -0.3 is 9.47 Å². The van der Waals surface area contributed by atoms with Crippen molar-refractivity contribution in [2.45, 2.75) is 18.7 Å². The molecule has 0 bridgehead atoms. The molecule has 0 saturated carbocycles. The van der Waals surface area contributed by atoms with Gasteiger partial charge in [0.1, 0.15) is 16.5 Å². The highest BCUT2D eigenvalue weighted by atomic mass is 32.2. The molecular weight excluding hydrogens is 390 g/mol. The van der Waals surface area contributed by atoms with Crippen LogP contribution in [0.3, 0.4) is 0 Å². The molecule has 0 radical (unpaired) electrons. The Morgan fingerprint density at radius 2 is 1.86 bits per heavy atom. The second-order valence-corrected chi connectivity index (χ2v) is 7.99. The van der Waals surface area contributed by atoms with Crippen LogP contribution in [0.15, 0.2) is 41.5 Å². The molecule has 2 heterocycles. The average Bonchev–Trinajstić information content (AvgIpc) is 3.18. The summed E-state index contributed by atoms with van der Waals surface area (Å²) in [5, 5.41) is 5.13. The van der Waals surface area contributed by atoms with Crippen LogP contribution >= 0.6 is 11.8 Å². The summed E-state index contributed by atoms with van der Waals surface area (Å²) in [5.41, 5.74) is 5.89. The Kier molecular flexibility index (Phi) is 4.74. The lowest BCUT2D eigenvalue weighted by Crippen LogP contribution is -2.57. The molecule has 1 atom stereocenters. The van der Waals surface area contributed by atoms with E-state index in [1.54, 1.807) is 19.1 Å². The van der Waals surface area contributed by atoms with Gasteiger partial charge in [-0.05, 0) is 19.9 Å². The van der Waals surface area contributed by atoms with Crippen LogP contribution in [-0.4, -0.2) is 42.5 Å². The van der Waals surface area contributed by atoms with Gasteiger partial charge in [0.2, 0.25) is 4.87 Å². The number of ether oxygens (including phenoxy) is 2. The fraction of sp³-hybridized carbons (Fsp3) is 0.286. The van der Waals surface area contributed by atoms with Gasteiger partial charge in [0.25, 0.3) is 11.8 Å². The normalized spacial score (nSPS) is 20.4. The number of hydrogen-bond acceptors (Lipinski definition) is 7. The van der Waals surface area contributed by atoms with Crippen LogP contribution in [0, 0.1) is 6.92 Å². The Bertz CT molecular complexity index is 1030. The van der Waals surface area contributed by atoms with Gasteiger partial charge in [-0.25, -0.2) is 0 Å². The zero-order valence-electron chi connectivity index (χ0n) is 16.6. The van der Waals surface area contributed by atoms with E-state index >= 15 is 0 Å². The number of hydrazone groups is 1. The monoisotopic (exact) mass is 411 g/mol. The molecule has 0 aromatic heterocycles. The molecule has 29 heavy (non-hydrogen) atoms. The van der Waals surface area contributed by atoms with Crippen molar-refractivity contribution in [3.63, 3.8) is 0 Å². The molecule has 1 N–H and O–H groups in total. The van der Waals surface area contributed by atoms with Crippen LogP contribution in [0.2, 0.25) is 0 Å². The Morgan fingerprint density at radius 1 is 1.14 bits per heavy atom. The lowest BCUT2D eigenvalue weighted by Gasteiger charge is -2.38. The Balaban J connectivity index is 1.88. The van der Waals surface area contributed by atoms with Gasteiger partial charge >= 0.3 is 0 Å². The van der Waals surface area contributed by atoms with Crippen molar-refractivity contribution in [3.05, 3.63) is 58.7 Å². The first-order chi connectivity index (χ1) is 13.9. The summed E-state index contributed by atoms with van der Waals surface area (Å²) in [6.45, 7) is 4.03. The number of nitrogens with zero attached hydrogens (tertiary/aromatic N) is 2. The molecule has 0 aliphatic carbocycles. The number of nitrogens with one attached hydrogen (secondary N) is 1. The van der Waals surface area contributed by atoms with Gasteiger partial charge in [0.15, 0.2) is 0 Å². The Hall–Kier alpha value is -3.00. The number of fused-ring (bicyclic) bond motifs is 2. The summed E-state index contributed by atoms with van der Waals surface area (Å²) in [7, 11) is 3.03. The van der Waals surface area contributed by atoms with Crippen LogP contribution in [0.25, 0.3) is 0 Å². The highest BCUT2D eigenvalue weighted by Gasteiger charge is 2.56. The SMILES string of the molecule is CCN1C(=O)c2cc(OC)cc(OC)c2[C@@]2(NN=C(c3ccc(C)cc3)S2)C1=O. The number of rotatable bonds is 4. The van der Waals surface area contributed by atoms with Crippen LogP contribution in [0.1, 0.15) is 34.0 Å². The maximum absolute atomic E-state index is 13.5. The predicted molar refractivity (Wildman–Crippen MR) is 111 cm³/mol. The number of aryl methyl sites for hydroxylation is 1. The minimum atomic E-state index is -1.28. The zero-order valence-corrected chi connectivity index (χ0v) is 17.4. The molecular formula is C21H21N3O4S. The molecule has 2 aromatic carbocycles. The fourth-order valence-corrected chi connectivity index (χ4v) is 4.80. The summed E-state index contributed by atoms with van der Waals surface area (Å²) in [6, 6.07) is 11.2. The topological polar surface area (TPSA) is 80.2 Å². The summed E-state index contributed by atoms with van der Waals surface area (Å²) in [4.78, 5) is 26.5. The molecule has 2 aliphatic heterocycles. The number of carbonyl (C=O) groups is 2. The van der Waals surface area contributed by atoms with Gasteiger partial charge in [0, 0.05) is 18.2 Å². The van der Waals surface area contributed by atoms with Crippen molar-refractivity contribution in [2.75, 3.05) is 20.8 Å². The summed E-state index contributed by atoms with van der Waals surface area (Å²) in [5.74, 6) is 0.146. The average molecular weight is 411 g/mol. The van der Waals surface area contributed by atoms with Crippen LogP contribution in [0.5, 0.6) is 11.5 Å². The summed E-state index contributed by atoms with van der Waals surface area (Å²) in [6.07, 6.45) is 0. The van der Waals surface area contributed by atoms with E-state index < -0.39 is 4.87 Å². The molecule has 2 aromatic rings. The third-order valence-electron chi connectivity index (χ3n) is 5.08. The predicted octanol–water partition coefficient (Wildman–Crippen LogP) is 2.87. The molecule has 4 rings (SSSR count). The lowest BCUT2D eigenvalue weighted by molar-refractivity contribution is -0.132. The number of likely N-dealkylation sites (N-methyl/N-ethyl adjacent to an activating group) is 1. The smallest absolute Gasteiger partial charge is 0.272 e. The second kappa shape index (κ2) is 7.11. The standard InChI is InChI=1S/C21H21N3O4S/c1-5-24-19(25)15-10-14(27-3)11-16(28-4)17(15)21(20(24)26)23-22-18(29-21)13-8-6-12(2)7-9-13/h6-11,23H,5H2,1-4H3/t21-/m0/s1. The first kappa shape index (κ1) is 19.3. The van der Waals surface area contributed by atoms with Gasteiger partial charge in [0.05, 0.1) is 25.3 Å². The fourth-order valence-electron chi connectivity index (χ4n) is 3.56. The first-order valence-electron chi connectivity index (χ1n) is 9.19. The zero-order chi connectivity index (χ0) is 20.8. The highest BCUT2D eigenvalue weighted by molar-refractivity contribution is 8.16. The van der Waals surface area contributed by atoms with Gasteiger partial charge in [-0.2, -0.15) is 5.10 Å². The molecule has 8 heteroatoms. The van der Waals surface area contributed by atoms with E-state index in [2.05, 4.69) is 10.5 Å². The molecule has 0 fully saturated rings. The number of benzene rings is 2. The molecule has 0 saturated heterocycles. The van der Waals surface area contributed by atoms with Crippen LogP contribution in [0.4, 0.5) is 0 Å². The highest BCUT2D eigenvalue weighted by Crippen LogP contribution is 2.50. The number of amides is 2. The van der Waals surface area contributed by atoms with E-state index in [4.69, 9.17) is 9.47 Å². The number of hydrogen-bond donors (Lipinski definition) is 1. The van der Waals surface area contributed by atoms with E-state index in [0.717, 1.165) is 11.1 Å². The van der Waals surface area contributed by atoms with Gasteiger partial charge in [-0.1, -0.05) is 41.6 Å². The van der Waals surface area contributed by atoms with Gasteiger partial charge in [-0.15, -0.1) is 0 Å². The van der Waals surface area contributed by atoms with Crippen molar-refractivity contribution in [2.24, 2.45) is 5.10 Å². The number of carbonyl (C=O) groups excluding carboxylic acids is 2. The Labute approximate surface area is 173 Å². The molecule has 0 unspecified atom stereocenters. The Morgan fingerprint density at radius 3 is 2.48 bits per heavy atom. The number of thioether (sulfide) groups is 1. The number of imide groups is 1. The van der Waals surface area contributed by atoms with Crippen LogP contribution < -0.4 is 14.9 Å². The van der Waals surface area contributed by atoms with Crippen molar-refractivity contribution in [1.29, 1.82) is 0 Å². The molecule has 7 nitrogen and oxygen atoms in total. The summed E-state index contributed by atoms with van der Waals surface area (Å²) < 4.78 is 10.9. The van der Waals surface area contributed by atoms with Crippen LogP contribution in [-0.2, 0) is 9.67 Å². The lowest BCUT2D eigenvalue weighted by atomic mass is 9.92. The minimum Gasteiger partial charge on any atom is -0.497 e.